The minimum atomic E-state index is -1.35. The molecule has 10 nitrogen and oxygen atoms in total. The number of non-ortho nitro benzene ring substituents is 1. The molecule has 1 aromatic rings. The van der Waals surface area contributed by atoms with Crippen molar-refractivity contribution in [1.29, 1.82) is 0 Å². The number of nitro groups is 1. The lowest BCUT2D eigenvalue weighted by molar-refractivity contribution is -0.384. The van der Waals surface area contributed by atoms with Crippen molar-refractivity contribution in [3.63, 3.8) is 0 Å². The highest BCUT2D eigenvalue weighted by Crippen LogP contribution is 2.27. The summed E-state index contributed by atoms with van der Waals surface area (Å²) in [5.74, 6) is -3.16. The number of hydrogen-bond acceptors (Lipinski definition) is 8. The molecule has 0 fully saturated rings. The van der Waals surface area contributed by atoms with Gasteiger partial charge in [-0.15, -0.1) is 0 Å². The maximum atomic E-state index is 12.4. The lowest BCUT2D eigenvalue weighted by atomic mass is 9.88. The van der Waals surface area contributed by atoms with Gasteiger partial charge in [0.1, 0.15) is 12.1 Å². The van der Waals surface area contributed by atoms with Crippen molar-refractivity contribution in [2.75, 3.05) is 14.2 Å². The van der Waals surface area contributed by atoms with E-state index in [-0.39, 0.29) is 24.4 Å². The number of hydrogen-bond donors (Lipinski definition) is 2. The summed E-state index contributed by atoms with van der Waals surface area (Å²) in [5.41, 5.74) is 0.214. The average Bonchev–Trinajstić information content (AvgIpc) is 2.69. The fourth-order valence-corrected chi connectivity index (χ4v) is 2.79. The molecule has 0 heterocycles. The number of carbonyl (C=O) groups is 3. The van der Waals surface area contributed by atoms with Crippen LogP contribution in [0.3, 0.4) is 0 Å². The molecule has 29 heavy (non-hydrogen) atoms. The molecule has 0 aliphatic carbocycles. The predicted octanol–water partition coefficient (Wildman–Crippen LogP) is 1.31. The molecule has 0 unspecified atom stereocenters. The largest absolute Gasteiger partial charge is 0.469 e. The molecule has 0 bridgehead atoms. The Kier molecular flexibility index (Phi) is 9.20. The number of ether oxygens (including phenoxy) is 2. The molecule has 1 amide bonds. The summed E-state index contributed by atoms with van der Waals surface area (Å²) >= 11 is 0. The first kappa shape index (κ1) is 24.0. The van der Waals surface area contributed by atoms with Gasteiger partial charge in [0.2, 0.25) is 5.91 Å². The number of methoxy groups -OCH3 is 2. The second-order valence-electron chi connectivity index (χ2n) is 6.89. The van der Waals surface area contributed by atoms with Crippen LogP contribution in [0.2, 0.25) is 0 Å². The zero-order chi connectivity index (χ0) is 22.1. The molecular weight excluding hydrogens is 384 g/mol. The minimum Gasteiger partial charge on any atom is -0.469 e. The zero-order valence-electron chi connectivity index (χ0n) is 16.8. The quantitative estimate of drug-likeness (QED) is 0.334. The van der Waals surface area contributed by atoms with Crippen LogP contribution in [0.25, 0.3) is 0 Å². The first-order valence-corrected chi connectivity index (χ1v) is 8.98. The number of nitrogens with zero attached hydrogens (tertiary/aromatic N) is 1. The van der Waals surface area contributed by atoms with Crippen molar-refractivity contribution in [1.82, 2.24) is 5.32 Å². The summed E-state index contributed by atoms with van der Waals surface area (Å²) in [6, 6.07) is 3.92. The molecule has 0 saturated carbocycles. The van der Waals surface area contributed by atoms with E-state index in [0.717, 1.165) is 7.11 Å². The van der Waals surface area contributed by atoms with Gasteiger partial charge in [-0.3, -0.25) is 19.7 Å². The molecule has 2 N–H and O–H groups in total. The van der Waals surface area contributed by atoms with Gasteiger partial charge in [0.05, 0.1) is 25.6 Å². The first-order valence-electron chi connectivity index (χ1n) is 8.98. The van der Waals surface area contributed by atoms with E-state index in [1.54, 1.807) is 0 Å². The van der Waals surface area contributed by atoms with Gasteiger partial charge < -0.3 is 19.9 Å². The van der Waals surface area contributed by atoms with E-state index < -0.39 is 40.8 Å². The second-order valence-corrected chi connectivity index (χ2v) is 6.89. The molecule has 3 atom stereocenters. The van der Waals surface area contributed by atoms with Crippen LogP contribution >= 0.6 is 0 Å². The maximum Gasteiger partial charge on any atom is 0.329 e. The standard InChI is InChI=1S/C19H26N2O8/c1-11(2)9-15(22)18(24)20-17(19(25)29-4)14(10-16(23)28-3)12-5-7-13(8-6-12)21(26)27/h5-8,11,14-15,17,22H,9-10H2,1-4H3,(H,20,24)/t14-,15-,17-/m1/s1. The fraction of sp³-hybridized carbons (Fsp3) is 0.526. The average molecular weight is 410 g/mol. The van der Waals surface area contributed by atoms with Gasteiger partial charge in [-0.05, 0) is 17.9 Å². The van der Waals surface area contributed by atoms with Gasteiger partial charge >= 0.3 is 11.9 Å². The van der Waals surface area contributed by atoms with E-state index in [1.165, 1.54) is 31.4 Å². The number of nitro benzene ring substituents is 1. The third-order valence-electron chi connectivity index (χ3n) is 4.30. The maximum absolute atomic E-state index is 12.4. The van der Waals surface area contributed by atoms with Crippen LogP contribution in [0.1, 0.15) is 38.2 Å². The van der Waals surface area contributed by atoms with Gasteiger partial charge in [-0.25, -0.2) is 4.79 Å². The Hall–Kier alpha value is -3.01. The number of aliphatic hydroxyl groups excluding tert-OH is 1. The molecular formula is C19H26N2O8. The highest BCUT2D eigenvalue weighted by Gasteiger charge is 2.35. The van der Waals surface area contributed by atoms with Crippen LogP contribution < -0.4 is 5.32 Å². The number of aliphatic hydroxyl groups is 1. The first-order chi connectivity index (χ1) is 13.6. The molecule has 0 aliphatic heterocycles. The van der Waals surface area contributed by atoms with Crippen LogP contribution in [-0.4, -0.2) is 54.2 Å². The summed E-state index contributed by atoms with van der Waals surface area (Å²) in [6.07, 6.45) is -1.47. The summed E-state index contributed by atoms with van der Waals surface area (Å²) < 4.78 is 9.43. The van der Waals surface area contributed by atoms with Crippen LogP contribution in [0.4, 0.5) is 5.69 Å². The highest BCUT2D eigenvalue weighted by atomic mass is 16.6. The molecule has 1 rings (SSSR count). The molecule has 1 aromatic carbocycles. The second kappa shape index (κ2) is 11.1. The Morgan fingerprint density at radius 2 is 1.72 bits per heavy atom. The molecule has 0 saturated heterocycles. The van der Waals surface area contributed by atoms with Crippen molar-refractivity contribution in [3.05, 3.63) is 39.9 Å². The minimum absolute atomic E-state index is 0.0351. The number of amides is 1. The number of rotatable bonds is 10. The predicted molar refractivity (Wildman–Crippen MR) is 102 cm³/mol. The van der Waals surface area contributed by atoms with Gasteiger partial charge in [0, 0.05) is 18.1 Å². The molecule has 0 aromatic heterocycles. The van der Waals surface area contributed by atoms with Crippen molar-refractivity contribution in [2.45, 2.75) is 44.8 Å². The summed E-state index contributed by atoms with van der Waals surface area (Å²) in [5, 5.41) is 23.3. The van der Waals surface area contributed by atoms with Crippen molar-refractivity contribution in [3.8, 4) is 0 Å². The monoisotopic (exact) mass is 410 g/mol. The number of nitrogens with one attached hydrogen (secondary N) is 1. The molecule has 0 spiro atoms. The SMILES string of the molecule is COC(=O)C[C@H](c1ccc([N+](=O)[O-])cc1)[C@@H](NC(=O)[C@H](O)CC(C)C)C(=O)OC. The fourth-order valence-electron chi connectivity index (χ4n) is 2.79. The van der Waals surface area contributed by atoms with E-state index in [4.69, 9.17) is 4.74 Å². The molecule has 0 radical (unpaired) electrons. The number of carbonyl (C=O) groups excluding carboxylic acids is 3. The summed E-state index contributed by atoms with van der Waals surface area (Å²) in [6.45, 7) is 3.65. The van der Waals surface area contributed by atoms with Crippen LogP contribution in [0, 0.1) is 16.0 Å². The van der Waals surface area contributed by atoms with Crippen molar-refractivity contribution < 1.29 is 33.9 Å². The van der Waals surface area contributed by atoms with E-state index in [1.807, 2.05) is 13.8 Å². The van der Waals surface area contributed by atoms with Gasteiger partial charge in [0.25, 0.3) is 5.69 Å². The molecule has 10 heteroatoms. The lowest BCUT2D eigenvalue weighted by Crippen LogP contribution is -2.49. The van der Waals surface area contributed by atoms with E-state index in [9.17, 15) is 29.6 Å². The lowest BCUT2D eigenvalue weighted by Gasteiger charge is -2.27. The third-order valence-corrected chi connectivity index (χ3v) is 4.30. The van der Waals surface area contributed by atoms with E-state index in [2.05, 4.69) is 10.1 Å². The topological polar surface area (TPSA) is 145 Å². The smallest absolute Gasteiger partial charge is 0.329 e. The Morgan fingerprint density at radius 1 is 1.14 bits per heavy atom. The van der Waals surface area contributed by atoms with Crippen LogP contribution in [0.5, 0.6) is 0 Å². The Morgan fingerprint density at radius 3 is 2.17 bits per heavy atom. The third kappa shape index (κ3) is 7.15. The number of esters is 2. The molecule has 160 valence electrons. The zero-order valence-corrected chi connectivity index (χ0v) is 16.8. The summed E-state index contributed by atoms with van der Waals surface area (Å²) in [4.78, 5) is 46.9. The van der Waals surface area contributed by atoms with Crippen LogP contribution in [0.15, 0.2) is 24.3 Å². The van der Waals surface area contributed by atoms with Gasteiger partial charge in [-0.1, -0.05) is 26.0 Å². The Bertz CT molecular complexity index is 732. The normalized spacial score (nSPS) is 13.9. The van der Waals surface area contributed by atoms with Gasteiger partial charge in [0.15, 0.2) is 0 Å². The van der Waals surface area contributed by atoms with Crippen molar-refractivity contribution in [2.24, 2.45) is 5.92 Å². The van der Waals surface area contributed by atoms with E-state index in [0.29, 0.717) is 5.56 Å². The summed E-state index contributed by atoms with van der Waals surface area (Å²) in [7, 11) is 2.30. The highest BCUT2D eigenvalue weighted by molar-refractivity contribution is 5.88. The van der Waals surface area contributed by atoms with E-state index >= 15 is 0 Å². The number of benzene rings is 1. The van der Waals surface area contributed by atoms with Crippen molar-refractivity contribution >= 4 is 23.5 Å². The Balaban J connectivity index is 3.25. The molecule has 0 aliphatic rings. The Labute approximate surface area is 168 Å². The van der Waals surface area contributed by atoms with Gasteiger partial charge in [-0.2, -0.15) is 0 Å². The van der Waals surface area contributed by atoms with Crippen LogP contribution in [-0.2, 0) is 23.9 Å².